The Kier molecular flexibility index (Phi) is 6.28. The van der Waals surface area contributed by atoms with Gasteiger partial charge in [0, 0.05) is 10.9 Å². The summed E-state index contributed by atoms with van der Waals surface area (Å²) < 4.78 is 1.56. The SMILES string of the molecule is CCC(C(=O)Nc1nc(-c2ccc(C)cc2)cs1)n1c(N)nnc1SCC#N. The predicted octanol–water partition coefficient (Wildman–Crippen LogP) is 3.50. The van der Waals surface area contributed by atoms with E-state index in [0.29, 0.717) is 16.7 Å². The number of nitriles is 1. The molecule has 0 spiro atoms. The number of nitrogens with two attached hydrogens (primary N) is 1. The summed E-state index contributed by atoms with van der Waals surface area (Å²) in [5.74, 6) is 0.0855. The van der Waals surface area contributed by atoms with Crippen molar-refractivity contribution in [1.29, 1.82) is 5.26 Å². The third-order valence-corrected chi connectivity index (χ3v) is 5.61. The molecule has 1 amide bonds. The molecule has 144 valence electrons. The van der Waals surface area contributed by atoms with E-state index in [4.69, 9.17) is 11.0 Å². The van der Waals surface area contributed by atoms with E-state index in [1.165, 1.54) is 28.7 Å². The fraction of sp³-hybridized carbons (Fsp3) is 0.278. The van der Waals surface area contributed by atoms with Crippen molar-refractivity contribution >= 4 is 40.1 Å². The van der Waals surface area contributed by atoms with Gasteiger partial charge in [-0.1, -0.05) is 48.5 Å². The van der Waals surface area contributed by atoms with Crippen LogP contribution in [0.4, 0.5) is 11.1 Å². The summed E-state index contributed by atoms with van der Waals surface area (Å²) in [4.78, 5) is 17.4. The van der Waals surface area contributed by atoms with Crippen molar-refractivity contribution in [1.82, 2.24) is 19.7 Å². The van der Waals surface area contributed by atoms with Gasteiger partial charge in [0.25, 0.3) is 0 Å². The molecule has 1 aromatic carbocycles. The molecule has 2 heterocycles. The van der Waals surface area contributed by atoms with Crippen molar-refractivity contribution in [2.24, 2.45) is 0 Å². The Morgan fingerprint density at radius 2 is 2.14 bits per heavy atom. The zero-order valence-electron chi connectivity index (χ0n) is 15.4. The molecule has 1 unspecified atom stereocenters. The van der Waals surface area contributed by atoms with Crippen molar-refractivity contribution < 1.29 is 4.79 Å². The molecule has 3 N–H and O–H groups in total. The molecule has 0 bridgehead atoms. The second kappa shape index (κ2) is 8.86. The summed E-state index contributed by atoms with van der Waals surface area (Å²) in [5, 5.41) is 22.3. The number of nitrogen functional groups attached to an aromatic ring is 1. The molecule has 3 aromatic rings. The molecule has 3 rings (SSSR count). The van der Waals surface area contributed by atoms with Crippen LogP contribution in [-0.2, 0) is 4.79 Å². The van der Waals surface area contributed by atoms with E-state index in [1.807, 2.05) is 49.6 Å². The summed E-state index contributed by atoms with van der Waals surface area (Å²) in [5.41, 5.74) is 8.89. The Labute approximate surface area is 170 Å². The second-order valence-electron chi connectivity index (χ2n) is 5.97. The fourth-order valence-corrected chi connectivity index (χ4v) is 4.01. The molecule has 28 heavy (non-hydrogen) atoms. The first-order valence-corrected chi connectivity index (χ1v) is 10.4. The van der Waals surface area contributed by atoms with Gasteiger partial charge in [0.05, 0.1) is 17.5 Å². The van der Waals surface area contributed by atoms with Gasteiger partial charge >= 0.3 is 0 Å². The van der Waals surface area contributed by atoms with Gasteiger partial charge in [-0.25, -0.2) is 4.98 Å². The topological polar surface area (TPSA) is 123 Å². The Balaban J connectivity index is 1.78. The third kappa shape index (κ3) is 4.32. The molecule has 0 aliphatic carbocycles. The first kappa shape index (κ1) is 19.9. The van der Waals surface area contributed by atoms with Gasteiger partial charge in [0.15, 0.2) is 10.3 Å². The van der Waals surface area contributed by atoms with Crippen molar-refractivity contribution in [3.05, 3.63) is 35.2 Å². The normalized spacial score (nSPS) is 11.8. The average Bonchev–Trinajstić information content (AvgIpc) is 3.29. The van der Waals surface area contributed by atoms with E-state index in [9.17, 15) is 4.79 Å². The number of hydrogen-bond acceptors (Lipinski definition) is 8. The second-order valence-corrected chi connectivity index (χ2v) is 7.78. The van der Waals surface area contributed by atoms with Crippen LogP contribution in [0.2, 0.25) is 0 Å². The van der Waals surface area contributed by atoms with E-state index in [2.05, 4.69) is 20.5 Å². The van der Waals surface area contributed by atoms with E-state index in [-0.39, 0.29) is 17.6 Å². The Morgan fingerprint density at radius 3 is 2.82 bits per heavy atom. The first-order valence-electron chi connectivity index (χ1n) is 8.57. The molecule has 10 heteroatoms. The fourth-order valence-electron chi connectivity index (χ4n) is 2.64. The number of thiazole rings is 1. The predicted molar refractivity (Wildman–Crippen MR) is 111 cm³/mol. The summed E-state index contributed by atoms with van der Waals surface area (Å²) in [6, 6.07) is 9.49. The number of anilines is 2. The molecule has 2 aromatic heterocycles. The standard InChI is InChI=1S/C18H19N7OS2/c1-3-14(25-16(20)23-24-18(25)27-9-8-19)15(26)22-17-21-13(10-28-17)12-6-4-11(2)5-7-12/h4-7,10,14H,3,9H2,1-2H3,(H2,20,23)(H,21,22,26). The molecule has 0 aliphatic rings. The maximum atomic E-state index is 12.9. The van der Waals surface area contributed by atoms with Crippen LogP contribution in [0, 0.1) is 18.3 Å². The van der Waals surface area contributed by atoms with Crippen molar-refractivity contribution in [3.8, 4) is 17.3 Å². The molecule has 0 aliphatic heterocycles. The number of hydrogen-bond donors (Lipinski definition) is 2. The smallest absolute Gasteiger partial charge is 0.249 e. The highest BCUT2D eigenvalue weighted by molar-refractivity contribution is 7.99. The zero-order valence-corrected chi connectivity index (χ0v) is 17.0. The van der Waals surface area contributed by atoms with Crippen LogP contribution >= 0.6 is 23.1 Å². The third-order valence-electron chi connectivity index (χ3n) is 4.04. The Bertz CT molecular complexity index is 1000. The molecule has 0 radical (unpaired) electrons. The number of nitrogens with one attached hydrogen (secondary N) is 1. The highest BCUT2D eigenvalue weighted by Crippen LogP contribution is 2.28. The lowest BCUT2D eigenvalue weighted by atomic mass is 10.1. The van der Waals surface area contributed by atoms with Gasteiger partial charge in [-0.15, -0.1) is 21.5 Å². The number of benzene rings is 1. The summed E-state index contributed by atoms with van der Waals surface area (Å²) in [6.07, 6.45) is 0.490. The van der Waals surface area contributed by atoms with E-state index in [1.54, 1.807) is 4.57 Å². The number of rotatable bonds is 7. The largest absolute Gasteiger partial charge is 0.368 e. The lowest BCUT2D eigenvalue weighted by Gasteiger charge is -2.17. The van der Waals surface area contributed by atoms with Crippen molar-refractivity contribution in [2.45, 2.75) is 31.5 Å². The summed E-state index contributed by atoms with van der Waals surface area (Å²) in [7, 11) is 0. The number of aromatic nitrogens is 4. The van der Waals surface area contributed by atoms with Gasteiger partial charge in [0.2, 0.25) is 11.9 Å². The van der Waals surface area contributed by atoms with E-state index < -0.39 is 6.04 Å². The zero-order chi connectivity index (χ0) is 20.1. The Hall–Kier alpha value is -2.90. The lowest BCUT2D eigenvalue weighted by Crippen LogP contribution is -2.27. The van der Waals surface area contributed by atoms with Gasteiger partial charge in [-0.05, 0) is 13.3 Å². The summed E-state index contributed by atoms with van der Waals surface area (Å²) >= 11 is 2.55. The van der Waals surface area contributed by atoms with Crippen LogP contribution in [0.15, 0.2) is 34.8 Å². The van der Waals surface area contributed by atoms with Gasteiger partial charge in [-0.2, -0.15) is 5.26 Å². The van der Waals surface area contributed by atoms with Crippen LogP contribution < -0.4 is 11.1 Å². The van der Waals surface area contributed by atoms with E-state index >= 15 is 0 Å². The minimum Gasteiger partial charge on any atom is -0.368 e. The maximum Gasteiger partial charge on any atom is 0.249 e. The lowest BCUT2D eigenvalue weighted by molar-refractivity contribution is -0.119. The quantitative estimate of drug-likeness (QED) is 0.568. The molecule has 0 saturated heterocycles. The molecule has 0 fully saturated rings. The minimum atomic E-state index is -0.595. The highest BCUT2D eigenvalue weighted by Gasteiger charge is 2.25. The number of nitrogens with zero attached hydrogens (tertiary/aromatic N) is 5. The van der Waals surface area contributed by atoms with Gasteiger partial charge < -0.3 is 11.1 Å². The van der Waals surface area contributed by atoms with Crippen LogP contribution in [-0.4, -0.2) is 31.4 Å². The molecular formula is C18H19N7OS2. The molecule has 8 nitrogen and oxygen atoms in total. The monoisotopic (exact) mass is 413 g/mol. The number of thioether (sulfide) groups is 1. The van der Waals surface area contributed by atoms with Crippen LogP contribution in [0.1, 0.15) is 24.9 Å². The summed E-state index contributed by atoms with van der Waals surface area (Å²) in [6.45, 7) is 3.91. The van der Waals surface area contributed by atoms with E-state index in [0.717, 1.165) is 11.3 Å². The first-order chi connectivity index (χ1) is 13.5. The van der Waals surface area contributed by atoms with Crippen molar-refractivity contribution in [2.75, 3.05) is 16.8 Å². The average molecular weight is 414 g/mol. The van der Waals surface area contributed by atoms with Gasteiger partial charge in [0.1, 0.15) is 6.04 Å². The maximum absolute atomic E-state index is 12.9. The minimum absolute atomic E-state index is 0.141. The number of aryl methyl sites for hydroxylation is 1. The van der Waals surface area contributed by atoms with Crippen LogP contribution in [0.5, 0.6) is 0 Å². The Morgan fingerprint density at radius 1 is 1.39 bits per heavy atom. The number of amides is 1. The van der Waals surface area contributed by atoms with Crippen LogP contribution in [0.25, 0.3) is 11.3 Å². The van der Waals surface area contributed by atoms with Crippen molar-refractivity contribution in [3.63, 3.8) is 0 Å². The van der Waals surface area contributed by atoms with Gasteiger partial charge in [-0.3, -0.25) is 9.36 Å². The number of carbonyl (C=O) groups excluding carboxylic acids is 1. The molecular weight excluding hydrogens is 394 g/mol. The van der Waals surface area contributed by atoms with Crippen LogP contribution in [0.3, 0.4) is 0 Å². The molecule has 1 atom stereocenters. The highest BCUT2D eigenvalue weighted by atomic mass is 32.2. The number of carbonyl (C=O) groups is 1. The molecule has 0 saturated carbocycles.